The number of nitrogens with zero attached hydrogens (tertiary/aromatic N) is 6. The number of hydrogen-bond donors (Lipinski definition) is 17. The van der Waals surface area contributed by atoms with Gasteiger partial charge in [-0.25, -0.2) is 19.2 Å². The minimum Gasteiger partial charge on any atom is -0.478 e. The number of benzene rings is 8. The molecular weight excluding hydrogens is 1830 g/mol. The number of nitrogens with two attached hydrogens (primary N) is 1. The van der Waals surface area contributed by atoms with Gasteiger partial charge < -0.3 is 101 Å². The molecule has 33 nitrogen and oxygen atoms in total. The molecule has 4 saturated heterocycles. The van der Waals surface area contributed by atoms with Crippen LogP contribution in [0.4, 0.5) is 11.4 Å². The number of nitrogen functional groups attached to an aromatic ring is 1. The van der Waals surface area contributed by atoms with Gasteiger partial charge in [-0.15, -0.1) is 24.8 Å². The number of ketones is 1. The molecule has 741 valence electrons. The summed E-state index contributed by atoms with van der Waals surface area (Å²) in [6.45, 7) is 20.4. The molecule has 8 aromatic carbocycles. The molecular formula is C101H126B5Cl2N16O17. The first-order valence-electron chi connectivity index (χ1n) is 47.8. The number of aromatic amines is 4. The maximum absolute atomic E-state index is 13.2. The second-order valence-corrected chi connectivity index (χ2v) is 35.8. The Kier molecular flexibility index (Phi) is 42.0. The van der Waals surface area contributed by atoms with E-state index in [0.29, 0.717) is 61.0 Å². The van der Waals surface area contributed by atoms with E-state index in [1.165, 1.54) is 69.9 Å². The molecule has 1 radical (unpaired) electrons. The van der Waals surface area contributed by atoms with Gasteiger partial charge in [0.15, 0.2) is 0 Å². The largest absolute Gasteiger partial charge is 0.478 e. The van der Waals surface area contributed by atoms with Crippen molar-refractivity contribution < 1.29 is 83.5 Å². The first kappa shape index (κ1) is 109. The van der Waals surface area contributed by atoms with Gasteiger partial charge in [-0.1, -0.05) is 60.7 Å². The molecule has 20 rings (SSSR count). The predicted octanol–water partition coefficient (Wildman–Crippen LogP) is 12.9. The van der Waals surface area contributed by atoms with Crippen LogP contribution in [0.5, 0.6) is 0 Å². The average Bonchev–Trinajstić information content (AvgIpc) is 1.65. The number of Topliss-reactive ketones (excluding diaryl/α,β-unsaturated/α-hetero) is 1. The number of halogens is 2. The summed E-state index contributed by atoms with van der Waals surface area (Å²) in [7, 11) is 0.626. The van der Waals surface area contributed by atoms with E-state index in [2.05, 4.69) is 145 Å². The van der Waals surface area contributed by atoms with Gasteiger partial charge in [0.1, 0.15) is 5.78 Å². The predicted molar refractivity (Wildman–Crippen MR) is 558 cm³/mol. The van der Waals surface area contributed by atoms with Crippen LogP contribution in [0.2, 0.25) is 27.3 Å². The second-order valence-electron chi connectivity index (χ2n) is 35.8. The van der Waals surface area contributed by atoms with Crippen LogP contribution in [-0.2, 0) is 83.9 Å². The Hall–Kier alpha value is -12.1. The number of hydrazine groups is 1. The molecule has 12 heterocycles. The molecule has 0 unspecified atom stereocenters. The summed E-state index contributed by atoms with van der Waals surface area (Å²) in [5.74, 6) is 3.40. The smallest absolute Gasteiger partial charge is 0.335 e. The van der Waals surface area contributed by atoms with Crippen molar-refractivity contribution >= 4 is 163 Å². The van der Waals surface area contributed by atoms with E-state index in [0.717, 1.165) is 247 Å². The van der Waals surface area contributed by atoms with Crippen LogP contribution in [0, 0.1) is 11.8 Å². The van der Waals surface area contributed by atoms with Gasteiger partial charge in [-0.05, 0) is 265 Å². The van der Waals surface area contributed by atoms with Crippen molar-refractivity contribution in [2.24, 2.45) is 22.8 Å². The molecule has 2 amide bonds. The first-order valence-corrected chi connectivity index (χ1v) is 47.8. The molecule has 0 spiro atoms. The quantitative estimate of drug-likeness (QED) is 0.0111. The summed E-state index contributed by atoms with van der Waals surface area (Å²) < 4.78 is 9.46. The number of anilines is 2. The Labute approximate surface area is 835 Å². The van der Waals surface area contributed by atoms with Gasteiger partial charge in [0.2, 0.25) is 0 Å². The number of rotatable bonds is 20. The van der Waals surface area contributed by atoms with E-state index in [4.69, 9.17) is 31.3 Å². The summed E-state index contributed by atoms with van der Waals surface area (Å²) in [5, 5.41) is 82.6. The van der Waals surface area contributed by atoms with E-state index in [-0.39, 0.29) is 54.3 Å². The third-order valence-corrected chi connectivity index (χ3v) is 26.4. The molecule has 0 saturated carbocycles. The summed E-state index contributed by atoms with van der Waals surface area (Å²) >= 11 is 0. The maximum atomic E-state index is 13.2. The van der Waals surface area contributed by atoms with Gasteiger partial charge >= 0.3 is 87.4 Å². The molecule has 4 fully saturated rings. The van der Waals surface area contributed by atoms with Gasteiger partial charge in [-0.2, -0.15) is 5.10 Å². The fourth-order valence-electron chi connectivity index (χ4n) is 18.5. The van der Waals surface area contributed by atoms with E-state index in [1.54, 1.807) is 81.1 Å². The molecule has 0 aliphatic carbocycles. The number of piperidine rings is 4. The number of amides is 2. The van der Waals surface area contributed by atoms with Crippen molar-refractivity contribution in [3.63, 3.8) is 0 Å². The monoisotopic (exact) mass is 1960 g/mol. The third kappa shape index (κ3) is 30.7. The number of hydrazone groups is 1. The Morgan fingerprint density at radius 1 is 0.433 bits per heavy atom. The minimum atomic E-state index is -0.937. The van der Waals surface area contributed by atoms with Crippen LogP contribution in [0.1, 0.15) is 170 Å². The molecule has 0 bridgehead atoms. The number of carboxylic acid groups (broad SMARTS) is 4. The van der Waals surface area contributed by atoms with Crippen molar-refractivity contribution in [3.8, 4) is 0 Å². The SMILES string of the molecule is CB(O)N1CCC(=O)CC1.CB(O)N1CCc2[nH]c3ccc(C(=O)N4CCC(Cc5ccccc5)CC4)cc3c2C1.CB(O)N1CCc2[nH]c3ccc(C(=O)O)cc3c2C1.C[B]OOCB=O.Cl.Cl.NNc1ccc(C(=O)O)cc1.O=C(O)c1ccc(NN=C2CCNCC2)cc1.O=C(O)c1ccc2[nH]c3c(c2c1)CNCC3.O=C(c1ccc2[nH]c3c(c2c1)CNCC3)N1CCC(Cc2ccccc2)CC1. The molecule has 0 atom stereocenters. The number of hydrogen-bond acceptors (Lipinski definition) is 23. The Morgan fingerprint density at radius 3 is 1.15 bits per heavy atom. The molecule has 18 N–H and O–H groups in total. The number of carboxylic acids is 4. The molecule has 40 heteroatoms. The normalized spacial score (nSPS) is 15.6. The van der Waals surface area contributed by atoms with E-state index >= 15 is 0 Å². The minimum absolute atomic E-state index is 0. The van der Waals surface area contributed by atoms with Crippen LogP contribution in [0.15, 0.2) is 187 Å². The number of H-pyrrole nitrogens is 4. The van der Waals surface area contributed by atoms with Crippen molar-refractivity contribution in [1.29, 1.82) is 0 Å². The number of carbonyl (C=O) groups is 7. The van der Waals surface area contributed by atoms with Crippen molar-refractivity contribution in [2.75, 3.05) is 95.9 Å². The van der Waals surface area contributed by atoms with E-state index in [9.17, 15) is 48.3 Å². The Balaban J connectivity index is 0.000000160. The van der Waals surface area contributed by atoms with Crippen LogP contribution in [-0.4, -0.2) is 248 Å². The third-order valence-electron chi connectivity index (χ3n) is 26.4. The van der Waals surface area contributed by atoms with Crippen LogP contribution in [0.3, 0.4) is 0 Å². The molecule has 8 aliphatic rings. The summed E-state index contributed by atoms with van der Waals surface area (Å²) in [5.41, 5.74) is 27.6. The van der Waals surface area contributed by atoms with Crippen molar-refractivity contribution in [1.82, 2.24) is 60.1 Å². The zero-order chi connectivity index (χ0) is 98.4. The van der Waals surface area contributed by atoms with Gasteiger partial charge in [-0.3, -0.25) is 25.7 Å². The van der Waals surface area contributed by atoms with Crippen LogP contribution < -0.4 is 32.6 Å². The standard InChI is InChI=1S/C25H30BN3O2.C24H27N3O.C13H15BN2O3.C12H15N3O2.C12H12N2O2.C7H8N2O2.C6H12BNO2.C2H5B2O3.2ClH/c1-26(31)29-14-11-24-22(17-29)21-16-20(7-8-23(21)27-24)25(30)28-12-9-19(10-13-28)15-18-5-3-2-4-6-18;28-24(27-12-9-18(10-13-27)14-17-4-2-1-3-5-17)19-6-7-22-20(15-19)21-16-25-11-8-23(21)26-22;1-14(19)16-5-4-12-10(7-16)9-6-8(13(17)18)2-3-11(9)15-12;16-12(17)9-1-3-10(4-2-9)14-15-11-5-7-13-8-6-11;15-12(16)7-1-2-10-8(5-7)9-6-13-4-3-11(9)14-10;8-9-6-3-1-5(2-4-6)7(10)11;1-7(10)8-4-2-6(9)3-5-8;1-3-7-6-2-4-5;;/h2-8,16,19,27,31H,9-15,17H2,1H3;1-7,15,18,25-26H,8-14,16H2;2-3,6,15,19H,4-5,7H2,1H3,(H,17,18);1-4,13-14H,5-8H2,(H,16,17);1-2,5,13-14H,3-4,6H2,(H,15,16);1-4,9H,8H2,(H,10,11);10H,2-5H2,1H3;2H2,1H3;2*1H. The van der Waals surface area contributed by atoms with Crippen LogP contribution in [0.25, 0.3) is 43.6 Å². The fourth-order valence-corrected chi connectivity index (χ4v) is 18.5. The summed E-state index contributed by atoms with van der Waals surface area (Å²) in [6.07, 6.45) is 13.4. The zero-order valence-electron chi connectivity index (χ0n) is 80.1. The second kappa shape index (κ2) is 54.2. The Morgan fingerprint density at radius 2 is 0.780 bits per heavy atom. The number of nitrogens with one attached hydrogen (secondary N) is 9. The van der Waals surface area contributed by atoms with Crippen LogP contribution >= 0.6 is 24.8 Å². The molecule has 12 aromatic rings. The summed E-state index contributed by atoms with van der Waals surface area (Å²) in [6, 6.07) is 56.6. The number of likely N-dealkylation sites (tertiary alicyclic amines) is 2. The number of fused-ring (bicyclic) bond motifs is 12. The molecule has 4 aromatic heterocycles. The van der Waals surface area contributed by atoms with Gasteiger partial charge in [0.25, 0.3) is 11.8 Å². The fraction of sp³-hybridized carbons (Fsp3) is 0.366. The topological polar surface area (TPSA) is 475 Å². The Bertz CT molecular complexity index is 6180. The number of carbonyl (C=O) groups excluding carboxylic acids is 3. The first-order chi connectivity index (χ1) is 67.3. The van der Waals surface area contributed by atoms with E-state index in [1.807, 2.05) is 56.6 Å². The average molecular weight is 1960 g/mol. The summed E-state index contributed by atoms with van der Waals surface area (Å²) in [4.78, 5) is 112. The number of aromatic carboxylic acids is 4. The number of aromatic nitrogens is 4. The van der Waals surface area contributed by atoms with Gasteiger partial charge in [0, 0.05) is 206 Å². The zero-order valence-corrected chi connectivity index (χ0v) is 81.7. The van der Waals surface area contributed by atoms with Gasteiger partial charge in [0.05, 0.1) is 27.9 Å². The van der Waals surface area contributed by atoms with Crippen molar-refractivity contribution in [3.05, 3.63) is 272 Å². The molecule has 8 aliphatic heterocycles. The molecule has 141 heavy (non-hydrogen) atoms. The van der Waals surface area contributed by atoms with Crippen molar-refractivity contribution in [2.45, 2.75) is 143 Å². The maximum Gasteiger partial charge on any atom is 0.335 e. The van der Waals surface area contributed by atoms with E-state index < -0.39 is 45.0 Å².